The van der Waals surface area contributed by atoms with Crippen molar-refractivity contribution in [2.24, 2.45) is 5.92 Å². The molecule has 17 heteroatoms. The first kappa shape index (κ1) is 24.1. The van der Waals surface area contributed by atoms with Crippen molar-refractivity contribution in [3.63, 3.8) is 0 Å². The van der Waals surface area contributed by atoms with Crippen molar-refractivity contribution in [3.05, 3.63) is 45.6 Å². The van der Waals surface area contributed by atoms with Crippen LogP contribution in [0.5, 0.6) is 0 Å². The number of thiol groups is 1. The first-order valence-electron chi connectivity index (χ1n) is 12.0. The molecule has 3 saturated heterocycles. The molecule has 7 rings (SSSR count). The van der Waals surface area contributed by atoms with Crippen LogP contribution in [0.3, 0.4) is 0 Å². The smallest absolute Gasteiger partial charge is 0.369 e. The third-order valence-corrected chi connectivity index (χ3v) is 8.93. The summed E-state index contributed by atoms with van der Waals surface area (Å²) >= 11 is 4.20. The highest BCUT2D eigenvalue weighted by molar-refractivity contribution is 8.44. The van der Waals surface area contributed by atoms with E-state index in [0.29, 0.717) is 30.3 Å². The Bertz CT molecular complexity index is 1720. The molecule has 0 radical (unpaired) electrons. The topological polar surface area (TPSA) is 194 Å². The first-order chi connectivity index (χ1) is 18.3. The molecule has 3 fully saturated rings. The molecular weight excluding hydrogens is 539 g/mol. The maximum Gasteiger partial charge on any atom is 0.386 e. The van der Waals surface area contributed by atoms with Crippen LogP contribution in [0, 0.1) is 5.92 Å². The van der Waals surface area contributed by atoms with Crippen LogP contribution >= 0.6 is 19.0 Å². The number of nitrogens with one attached hydrogen (secondary N) is 2. The van der Waals surface area contributed by atoms with Crippen LogP contribution in [0.1, 0.15) is 31.7 Å². The number of aromatic amines is 2. The van der Waals surface area contributed by atoms with E-state index in [1.54, 1.807) is 16.8 Å². The van der Waals surface area contributed by atoms with Gasteiger partial charge in [-0.2, -0.15) is 4.98 Å². The fraction of sp³-hybridized carbons (Fsp3) is 0.476. The maximum absolute atomic E-state index is 13.2. The Hall–Kier alpha value is -3.01. The third-order valence-electron chi connectivity index (χ3n) is 7.29. The Morgan fingerprint density at radius 2 is 1.95 bits per heavy atom. The number of aromatic nitrogens is 7. The van der Waals surface area contributed by atoms with E-state index < -0.39 is 37.0 Å². The molecule has 2 bridgehead atoms. The number of nitrogens with zero attached hydrogens (tertiary/aromatic N) is 5. The number of hydrogen-bond donors (Lipinski definition) is 4. The second kappa shape index (κ2) is 8.76. The maximum atomic E-state index is 13.2. The van der Waals surface area contributed by atoms with Crippen molar-refractivity contribution < 1.29 is 23.1 Å². The van der Waals surface area contributed by atoms with Gasteiger partial charge in [0.25, 0.3) is 11.1 Å². The van der Waals surface area contributed by atoms with Gasteiger partial charge in [-0.05, 0) is 24.8 Å². The van der Waals surface area contributed by atoms with Crippen molar-refractivity contribution in [2.75, 3.05) is 12.3 Å². The van der Waals surface area contributed by atoms with Gasteiger partial charge in [-0.15, -0.1) is 0 Å². The highest BCUT2D eigenvalue weighted by Gasteiger charge is 2.47. The van der Waals surface area contributed by atoms with Crippen LogP contribution in [0.2, 0.25) is 0 Å². The summed E-state index contributed by atoms with van der Waals surface area (Å²) in [5.41, 5.74) is 5.87. The van der Waals surface area contributed by atoms with Crippen LogP contribution in [-0.4, -0.2) is 59.0 Å². The van der Waals surface area contributed by atoms with E-state index >= 15 is 0 Å². The number of fused-ring (bicyclic) bond motifs is 5. The van der Waals surface area contributed by atoms with Gasteiger partial charge in [0.2, 0.25) is 5.95 Å². The second-order valence-electron chi connectivity index (χ2n) is 9.62. The summed E-state index contributed by atoms with van der Waals surface area (Å²) in [5, 5.41) is 0.462. The van der Waals surface area contributed by atoms with E-state index in [9.17, 15) is 14.2 Å². The predicted octanol–water partition coefficient (Wildman–Crippen LogP) is 1.47. The molecule has 2 unspecified atom stereocenters. The average Bonchev–Trinajstić information content (AvgIpc) is 3.63. The van der Waals surface area contributed by atoms with Gasteiger partial charge in [0.1, 0.15) is 18.0 Å². The van der Waals surface area contributed by atoms with Gasteiger partial charge < -0.3 is 24.8 Å². The van der Waals surface area contributed by atoms with E-state index in [-0.39, 0.29) is 41.3 Å². The van der Waals surface area contributed by atoms with Gasteiger partial charge in [0.15, 0.2) is 17.4 Å². The largest absolute Gasteiger partial charge is 0.386 e. The lowest BCUT2D eigenvalue weighted by Gasteiger charge is -2.25. The second-order valence-corrected chi connectivity index (χ2v) is 12.5. The van der Waals surface area contributed by atoms with Crippen LogP contribution in [-0.2, 0) is 23.1 Å². The molecule has 4 aromatic heterocycles. The molecule has 0 spiro atoms. The van der Waals surface area contributed by atoms with E-state index in [2.05, 4.69) is 37.2 Å². The monoisotopic (exact) mass is 562 g/mol. The zero-order chi connectivity index (χ0) is 26.2. The standard InChI is InChI=1S/C21H23N8O7PS/c22-21-26-17-15(19(31)27-21)25-8-29(17)20-12-5-10(34-20)3-9-4-14(35-13(9)6-33-37(32,38)36-12)28-2-1-11-16(28)23-7-24-18(11)30/h1-2,7-10,12-14,20H,3-6H2,(H,32,38)(H,23,24,30)(H3,22,26,27,31)/t9?,10-,12+,13+,14+,20+,37?/m0/s1. The summed E-state index contributed by atoms with van der Waals surface area (Å²) in [6, 6.07) is 1.70. The quantitative estimate of drug-likeness (QED) is 0.204. The van der Waals surface area contributed by atoms with Crippen molar-refractivity contribution in [3.8, 4) is 0 Å². The summed E-state index contributed by atoms with van der Waals surface area (Å²) in [6.45, 7) is -3.82. The summed E-state index contributed by atoms with van der Waals surface area (Å²) in [7, 11) is 0. The number of anilines is 1. The van der Waals surface area contributed by atoms with E-state index in [0.717, 1.165) is 0 Å². The SMILES string of the molecule is Nc1nc2c(ncn2[C@@H]2O[C@H]3CC4C[C@H](n5ccc6c(=O)[nH]cnc65)O[C@@H]4COP(=O)(S)O[C@@H]2C3)c(=O)[nH]1. The molecule has 7 heterocycles. The fourth-order valence-electron chi connectivity index (χ4n) is 5.64. The van der Waals surface area contributed by atoms with Crippen molar-refractivity contribution >= 4 is 47.2 Å². The summed E-state index contributed by atoms with van der Waals surface area (Å²) in [4.78, 5) is 42.1. The number of nitrogens with two attached hydrogens (primary N) is 1. The molecule has 200 valence electrons. The Morgan fingerprint density at radius 1 is 1.08 bits per heavy atom. The molecule has 0 amide bonds. The fourth-order valence-corrected chi connectivity index (χ4v) is 7.13. The van der Waals surface area contributed by atoms with Crippen LogP contribution < -0.4 is 16.9 Å². The molecule has 4 N–H and O–H groups in total. The van der Waals surface area contributed by atoms with Gasteiger partial charge in [-0.3, -0.25) is 28.2 Å². The normalized spacial score (nSPS) is 33.6. The molecule has 15 nitrogen and oxygen atoms in total. The van der Waals surface area contributed by atoms with Crippen molar-refractivity contribution in [2.45, 2.75) is 50.0 Å². The Labute approximate surface area is 218 Å². The minimum Gasteiger partial charge on any atom is -0.369 e. The molecule has 0 saturated carbocycles. The number of rotatable bonds is 2. The van der Waals surface area contributed by atoms with Gasteiger partial charge in [-0.25, -0.2) is 14.5 Å². The highest BCUT2D eigenvalue weighted by Crippen LogP contribution is 2.58. The Morgan fingerprint density at radius 3 is 2.82 bits per heavy atom. The van der Waals surface area contributed by atoms with Gasteiger partial charge in [-0.1, -0.05) is 12.2 Å². The third kappa shape index (κ3) is 3.99. The van der Waals surface area contributed by atoms with Crippen molar-refractivity contribution in [1.82, 2.24) is 34.1 Å². The lowest BCUT2D eigenvalue weighted by atomic mass is 9.93. The average molecular weight is 563 g/mol. The minimum absolute atomic E-state index is 0.000730. The molecular formula is C21H23N8O7PS. The summed E-state index contributed by atoms with van der Waals surface area (Å²) in [6.07, 6.45) is 3.53. The lowest BCUT2D eigenvalue weighted by Crippen LogP contribution is -2.27. The number of hydrogen-bond acceptors (Lipinski definition) is 11. The van der Waals surface area contributed by atoms with E-state index in [4.69, 9.17) is 24.3 Å². The molecule has 3 aliphatic rings. The van der Waals surface area contributed by atoms with Crippen LogP contribution in [0.25, 0.3) is 22.2 Å². The number of imidazole rings is 1. The van der Waals surface area contributed by atoms with Gasteiger partial charge in [0, 0.05) is 12.6 Å². The zero-order valence-electron chi connectivity index (χ0n) is 19.7. The first-order valence-corrected chi connectivity index (χ1v) is 14.7. The molecule has 38 heavy (non-hydrogen) atoms. The van der Waals surface area contributed by atoms with Crippen LogP contribution in [0.15, 0.2) is 34.5 Å². The van der Waals surface area contributed by atoms with Crippen molar-refractivity contribution in [1.29, 1.82) is 0 Å². The number of H-pyrrole nitrogens is 2. The van der Waals surface area contributed by atoms with E-state index in [1.165, 1.54) is 12.7 Å². The molecule has 0 aliphatic carbocycles. The molecule has 4 aromatic rings. The highest BCUT2D eigenvalue weighted by atomic mass is 32.7. The van der Waals surface area contributed by atoms with Gasteiger partial charge >= 0.3 is 6.80 Å². The lowest BCUT2D eigenvalue weighted by molar-refractivity contribution is -0.0388. The number of nitrogen functional groups attached to an aromatic ring is 1. The molecule has 7 atom stereocenters. The summed E-state index contributed by atoms with van der Waals surface area (Å²) in [5.74, 6) is -0.0881. The Kier molecular flexibility index (Phi) is 5.55. The summed E-state index contributed by atoms with van der Waals surface area (Å²) < 4.78 is 40.8. The zero-order valence-corrected chi connectivity index (χ0v) is 21.5. The molecule has 3 aliphatic heterocycles. The number of ether oxygens (including phenoxy) is 2. The van der Waals surface area contributed by atoms with E-state index in [1.807, 2.05) is 4.57 Å². The van der Waals surface area contributed by atoms with Gasteiger partial charge in [0.05, 0.1) is 36.9 Å². The Balaban J connectivity index is 1.20. The minimum atomic E-state index is -3.82. The van der Waals surface area contributed by atoms with Crippen LogP contribution in [0.4, 0.5) is 5.95 Å². The predicted molar refractivity (Wildman–Crippen MR) is 135 cm³/mol. The molecule has 0 aromatic carbocycles.